The third-order valence-corrected chi connectivity index (χ3v) is 4.36. The third kappa shape index (κ3) is 6.97. The number of amides is 3. The average Bonchev–Trinajstić information content (AvgIpc) is 3.13. The van der Waals surface area contributed by atoms with Gasteiger partial charge in [0.15, 0.2) is 0 Å². The number of carbonyl (C=O) groups is 6. The Hall–Kier alpha value is -3.26. The van der Waals surface area contributed by atoms with Crippen LogP contribution in [0.3, 0.4) is 0 Å². The number of aliphatic carboxylic acids is 3. The fraction of sp³-hybridized carbons (Fsp3) is 0.625. The van der Waals surface area contributed by atoms with E-state index >= 15 is 0 Å². The molecule has 1 aliphatic heterocycles. The molecule has 0 radical (unpaired) electrons. The lowest BCUT2D eigenvalue weighted by Gasteiger charge is -2.29. The first-order chi connectivity index (χ1) is 14.0. The van der Waals surface area contributed by atoms with E-state index in [1.54, 1.807) is 0 Å². The molecule has 14 heteroatoms. The smallest absolute Gasteiger partial charge is 0.328 e. The van der Waals surface area contributed by atoms with Gasteiger partial charge in [-0.05, 0) is 12.8 Å². The lowest BCUT2D eigenvalue weighted by molar-refractivity contribution is -0.148. The molecular weight excluding hydrogens is 408 g/mol. The molecule has 0 aromatic rings. The summed E-state index contributed by atoms with van der Waals surface area (Å²) in [5, 5.41) is 39.8. The Labute approximate surface area is 170 Å². The van der Waals surface area contributed by atoms with Crippen LogP contribution in [-0.4, -0.2) is 98.3 Å². The monoisotopic (exact) mass is 432 g/mol. The molecular formula is C16H24N4O10. The second-order valence-electron chi connectivity index (χ2n) is 6.64. The molecule has 0 spiro atoms. The van der Waals surface area contributed by atoms with Crippen LogP contribution in [0.25, 0.3) is 0 Å². The highest BCUT2D eigenvalue weighted by Gasteiger charge is 2.39. The highest BCUT2D eigenvalue weighted by atomic mass is 16.4. The summed E-state index contributed by atoms with van der Waals surface area (Å²) in [5.41, 5.74) is 5.42. The second-order valence-corrected chi connectivity index (χ2v) is 6.64. The van der Waals surface area contributed by atoms with Gasteiger partial charge in [0, 0.05) is 6.54 Å². The fourth-order valence-corrected chi connectivity index (χ4v) is 2.89. The van der Waals surface area contributed by atoms with Gasteiger partial charge in [0.2, 0.25) is 17.7 Å². The fourth-order valence-electron chi connectivity index (χ4n) is 2.89. The summed E-state index contributed by atoms with van der Waals surface area (Å²) in [6, 6.07) is -5.85. The molecule has 1 rings (SSSR count). The zero-order valence-electron chi connectivity index (χ0n) is 15.8. The van der Waals surface area contributed by atoms with Crippen molar-refractivity contribution < 1.29 is 49.2 Å². The Balaban J connectivity index is 2.94. The predicted molar refractivity (Wildman–Crippen MR) is 95.8 cm³/mol. The maximum absolute atomic E-state index is 12.8. The van der Waals surface area contributed by atoms with Crippen molar-refractivity contribution in [3.8, 4) is 0 Å². The van der Waals surface area contributed by atoms with E-state index in [0.29, 0.717) is 6.42 Å². The van der Waals surface area contributed by atoms with Gasteiger partial charge < -0.3 is 41.7 Å². The number of hydrogen-bond donors (Lipinski definition) is 7. The summed E-state index contributed by atoms with van der Waals surface area (Å²) >= 11 is 0. The number of carbonyl (C=O) groups excluding carboxylic acids is 3. The Morgan fingerprint density at radius 2 is 1.57 bits per heavy atom. The van der Waals surface area contributed by atoms with Crippen molar-refractivity contribution in [2.45, 2.75) is 49.9 Å². The first-order valence-electron chi connectivity index (χ1n) is 8.92. The SMILES string of the molecule is NC(CC(=O)O)C(=O)NC(CC(=O)O)C(=O)N1CCCC1C(=O)NC(CO)C(=O)O. The lowest BCUT2D eigenvalue weighted by Crippen LogP contribution is -2.57. The van der Waals surface area contributed by atoms with Crippen molar-refractivity contribution in [1.29, 1.82) is 0 Å². The van der Waals surface area contributed by atoms with Crippen molar-refractivity contribution in [1.82, 2.24) is 15.5 Å². The highest BCUT2D eigenvalue weighted by Crippen LogP contribution is 2.19. The number of nitrogens with zero attached hydrogens (tertiary/aromatic N) is 1. The van der Waals surface area contributed by atoms with Crippen LogP contribution in [0.4, 0.5) is 0 Å². The number of likely N-dealkylation sites (tertiary alicyclic amines) is 1. The van der Waals surface area contributed by atoms with Crippen molar-refractivity contribution in [2.24, 2.45) is 5.73 Å². The van der Waals surface area contributed by atoms with Crippen LogP contribution >= 0.6 is 0 Å². The molecule has 4 unspecified atom stereocenters. The first kappa shape index (κ1) is 24.8. The van der Waals surface area contributed by atoms with E-state index < -0.39 is 79.2 Å². The molecule has 1 saturated heterocycles. The Morgan fingerprint density at radius 1 is 0.967 bits per heavy atom. The second kappa shape index (κ2) is 11.1. The number of rotatable bonds is 11. The average molecular weight is 432 g/mol. The highest BCUT2D eigenvalue weighted by molar-refractivity contribution is 5.96. The zero-order chi connectivity index (χ0) is 23.0. The minimum absolute atomic E-state index is 0.0426. The standard InChI is InChI=1S/C16H24N4O10/c17-7(4-11(22)23)13(26)18-8(5-12(24)25)15(28)20-3-1-2-10(20)14(27)19-9(6-21)16(29)30/h7-10,21H,1-6,17H2,(H,18,26)(H,19,27)(H,22,23)(H,24,25)(H,29,30). The molecule has 0 aromatic heterocycles. The van der Waals surface area contributed by atoms with Gasteiger partial charge in [-0.3, -0.25) is 24.0 Å². The summed E-state index contributed by atoms with van der Waals surface area (Å²) < 4.78 is 0. The van der Waals surface area contributed by atoms with Gasteiger partial charge in [0.1, 0.15) is 18.1 Å². The number of hydrogen-bond acceptors (Lipinski definition) is 8. The minimum Gasteiger partial charge on any atom is -0.481 e. The molecule has 4 atom stereocenters. The van der Waals surface area contributed by atoms with Gasteiger partial charge in [0.05, 0.1) is 25.5 Å². The van der Waals surface area contributed by atoms with Gasteiger partial charge >= 0.3 is 17.9 Å². The molecule has 0 aromatic carbocycles. The van der Waals surface area contributed by atoms with Crippen molar-refractivity contribution >= 4 is 35.6 Å². The van der Waals surface area contributed by atoms with Gasteiger partial charge in [0.25, 0.3) is 0 Å². The molecule has 0 bridgehead atoms. The Bertz CT molecular complexity index is 712. The molecule has 1 aliphatic rings. The number of nitrogens with one attached hydrogen (secondary N) is 2. The van der Waals surface area contributed by atoms with E-state index in [2.05, 4.69) is 10.6 Å². The topological polar surface area (TPSA) is 237 Å². The predicted octanol–water partition coefficient (Wildman–Crippen LogP) is -3.70. The Kier molecular flexibility index (Phi) is 9.14. The molecule has 14 nitrogen and oxygen atoms in total. The van der Waals surface area contributed by atoms with E-state index in [0.717, 1.165) is 4.90 Å². The van der Waals surface area contributed by atoms with Gasteiger partial charge in [-0.1, -0.05) is 0 Å². The third-order valence-electron chi connectivity index (χ3n) is 4.36. The van der Waals surface area contributed by atoms with Crippen LogP contribution in [-0.2, 0) is 28.8 Å². The largest absolute Gasteiger partial charge is 0.481 e. The lowest BCUT2D eigenvalue weighted by atomic mass is 10.1. The quantitative estimate of drug-likeness (QED) is 0.168. The van der Waals surface area contributed by atoms with Crippen LogP contribution in [0.15, 0.2) is 0 Å². The van der Waals surface area contributed by atoms with Gasteiger partial charge in [-0.15, -0.1) is 0 Å². The first-order valence-corrected chi connectivity index (χ1v) is 8.92. The summed E-state index contributed by atoms with van der Waals surface area (Å²) in [7, 11) is 0. The van der Waals surface area contributed by atoms with Crippen molar-refractivity contribution in [3.63, 3.8) is 0 Å². The summed E-state index contributed by atoms with van der Waals surface area (Å²) in [6.07, 6.45) is -1.08. The van der Waals surface area contributed by atoms with Crippen LogP contribution in [0.1, 0.15) is 25.7 Å². The molecule has 3 amide bonds. The van der Waals surface area contributed by atoms with Crippen molar-refractivity contribution in [2.75, 3.05) is 13.2 Å². The maximum atomic E-state index is 12.8. The van der Waals surface area contributed by atoms with Crippen molar-refractivity contribution in [3.05, 3.63) is 0 Å². The van der Waals surface area contributed by atoms with Gasteiger partial charge in [-0.25, -0.2) is 4.79 Å². The van der Waals surface area contributed by atoms with E-state index in [1.807, 2.05) is 0 Å². The van der Waals surface area contributed by atoms with E-state index in [9.17, 15) is 28.8 Å². The van der Waals surface area contributed by atoms with E-state index in [1.165, 1.54) is 0 Å². The van der Waals surface area contributed by atoms with E-state index in [4.69, 9.17) is 26.2 Å². The van der Waals surface area contributed by atoms with Gasteiger partial charge in [-0.2, -0.15) is 0 Å². The number of aliphatic hydroxyl groups excluding tert-OH is 1. The summed E-state index contributed by atoms with van der Waals surface area (Å²) in [4.78, 5) is 70.9. The minimum atomic E-state index is -1.61. The molecule has 1 fully saturated rings. The van der Waals surface area contributed by atoms with Crippen LogP contribution in [0.5, 0.6) is 0 Å². The number of carboxylic acids is 3. The summed E-state index contributed by atoms with van der Waals surface area (Å²) in [6.45, 7) is -0.831. The van der Waals surface area contributed by atoms with Crippen LogP contribution in [0.2, 0.25) is 0 Å². The molecule has 168 valence electrons. The Morgan fingerprint density at radius 3 is 2.07 bits per heavy atom. The molecule has 0 saturated carbocycles. The molecule has 1 heterocycles. The molecule has 8 N–H and O–H groups in total. The maximum Gasteiger partial charge on any atom is 0.328 e. The summed E-state index contributed by atoms with van der Waals surface area (Å²) in [5.74, 6) is -7.11. The molecule has 30 heavy (non-hydrogen) atoms. The molecule has 0 aliphatic carbocycles. The van der Waals surface area contributed by atoms with Crippen LogP contribution in [0, 0.1) is 0 Å². The number of carboxylic acid groups (broad SMARTS) is 3. The van der Waals surface area contributed by atoms with E-state index in [-0.39, 0.29) is 13.0 Å². The zero-order valence-corrected chi connectivity index (χ0v) is 15.8. The number of aliphatic hydroxyl groups is 1. The normalized spacial score (nSPS) is 18.7. The van der Waals surface area contributed by atoms with Crippen LogP contribution < -0.4 is 16.4 Å². The number of nitrogens with two attached hydrogens (primary N) is 1.